The van der Waals surface area contributed by atoms with Gasteiger partial charge in [-0.25, -0.2) is 4.79 Å². The van der Waals surface area contributed by atoms with Gasteiger partial charge < -0.3 is 20.4 Å². The van der Waals surface area contributed by atoms with E-state index in [1.165, 1.54) is 11.1 Å². The first-order valence-electron chi connectivity index (χ1n) is 8.75. The van der Waals surface area contributed by atoms with Gasteiger partial charge in [0.05, 0.1) is 0 Å². The van der Waals surface area contributed by atoms with E-state index in [4.69, 9.17) is 0 Å². The zero-order valence-corrected chi connectivity index (χ0v) is 14.3. The van der Waals surface area contributed by atoms with Crippen LogP contribution in [0.15, 0.2) is 24.3 Å². The highest BCUT2D eigenvalue weighted by Crippen LogP contribution is 2.18. The Morgan fingerprint density at radius 2 is 2.04 bits per heavy atom. The molecule has 0 saturated carbocycles. The van der Waals surface area contributed by atoms with E-state index in [0.717, 1.165) is 32.6 Å². The van der Waals surface area contributed by atoms with Crippen molar-refractivity contribution >= 4 is 11.9 Å². The average molecular weight is 330 g/mol. The van der Waals surface area contributed by atoms with Gasteiger partial charge in [0.1, 0.15) is 0 Å². The van der Waals surface area contributed by atoms with Crippen LogP contribution in [0.25, 0.3) is 0 Å². The molecule has 1 saturated heterocycles. The first-order chi connectivity index (χ1) is 11.6. The summed E-state index contributed by atoms with van der Waals surface area (Å²) in [4.78, 5) is 28.3. The minimum atomic E-state index is -0.0781. The topological polar surface area (TPSA) is 64.7 Å². The van der Waals surface area contributed by atoms with Gasteiger partial charge in [-0.1, -0.05) is 24.3 Å². The second-order valence-corrected chi connectivity index (χ2v) is 6.56. The van der Waals surface area contributed by atoms with Crippen molar-refractivity contribution in [2.75, 3.05) is 32.7 Å². The number of carbonyl (C=O) groups excluding carboxylic acids is 2. The van der Waals surface area contributed by atoms with Crippen molar-refractivity contribution < 1.29 is 9.59 Å². The van der Waals surface area contributed by atoms with Gasteiger partial charge in [0.25, 0.3) is 0 Å². The molecule has 130 valence electrons. The van der Waals surface area contributed by atoms with E-state index in [-0.39, 0.29) is 18.0 Å². The Morgan fingerprint density at radius 3 is 2.83 bits per heavy atom. The Kier molecular flexibility index (Phi) is 5.35. The van der Waals surface area contributed by atoms with Crippen molar-refractivity contribution in [3.63, 3.8) is 0 Å². The summed E-state index contributed by atoms with van der Waals surface area (Å²) >= 11 is 0. The lowest BCUT2D eigenvalue weighted by Crippen LogP contribution is -2.52. The van der Waals surface area contributed by atoms with Crippen LogP contribution in [0.5, 0.6) is 0 Å². The molecular weight excluding hydrogens is 304 g/mol. The van der Waals surface area contributed by atoms with Crippen molar-refractivity contribution in [3.05, 3.63) is 35.4 Å². The molecule has 6 heteroatoms. The van der Waals surface area contributed by atoms with Crippen LogP contribution in [-0.4, -0.2) is 60.5 Å². The van der Waals surface area contributed by atoms with Crippen LogP contribution in [0, 0.1) is 0 Å². The number of piperazine rings is 1. The lowest BCUT2D eigenvalue weighted by atomic mass is 10.0. The van der Waals surface area contributed by atoms with Crippen molar-refractivity contribution in [1.29, 1.82) is 0 Å². The van der Waals surface area contributed by atoms with E-state index < -0.39 is 0 Å². The average Bonchev–Trinajstić information content (AvgIpc) is 2.61. The summed E-state index contributed by atoms with van der Waals surface area (Å²) in [6.07, 6.45) is 1.25. The second kappa shape index (κ2) is 7.66. The van der Waals surface area contributed by atoms with E-state index in [9.17, 15) is 9.59 Å². The molecule has 24 heavy (non-hydrogen) atoms. The number of fused-ring (bicyclic) bond motifs is 1. The van der Waals surface area contributed by atoms with Gasteiger partial charge in [-0.3, -0.25) is 4.79 Å². The summed E-state index contributed by atoms with van der Waals surface area (Å²) in [6, 6.07) is 8.39. The van der Waals surface area contributed by atoms with Crippen LogP contribution in [-0.2, 0) is 17.8 Å². The fraction of sp³-hybridized carbons (Fsp3) is 0.556. The number of urea groups is 1. The molecule has 1 fully saturated rings. The zero-order chi connectivity index (χ0) is 16.9. The number of amides is 3. The molecule has 1 aromatic rings. The minimum Gasteiger partial charge on any atom is -0.337 e. The molecule has 1 atom stereocenters. The highest BCUT2D eigenvalue weighted by Gasteiger charge is 2.23. The predicted molar refractivity (Wildman–Crippen MR) is 92.6 cm³/mol. The van der Waals surface area contributed by atoms with Crippen LogP contribution in [0.3, 0.4) is 0 Å². The van der Waals surface area contributed by atoms with Crippen molar-refractivity contribution in [2.24, 2.45) is 0 Å². The van der Waals surface area contributed by atoms with Crippen molar-refractivity contribution in [1.82, 2.24) is 20.4 Å². The molecule has 3 amide bonds. The predicted octanol–water partition coefficient (Wildman–Crippen LogP) is 0.965. The van der Waals surface area contributed by atoms with E-state index in [0.29, 0.717) is 19.5 Å². The third-order valence-corrected chi connectivity index (χ3v) is 4.85. The fourth-order valence-electron chi connectivity index (χ4n) is 3.41. The van der Waals surface area contributed by atoms with E-state index in [2.05, 4.69) is 22.8 Å². The summed E-state index contributed by atoms with van der Waals surface area (Å²) in [7, 11) is 0. The molecule has 2 heterocycles. The van der Waals surface area contributed by atoms with Gasteiger partial charge in [-0.15, -0.1) is 0 Å². The standard InChI is InChI=1S/C18H26N4O2/c1-14-12-19-9-11-22(14)17(23)6-8-20-18(24)21-10-7-15-4-2-3-5-16(15)13-21/h2-5,14,19H,6-13H2,1H3,(H,20,24)/t14-/m1/s1. The first-order valence-corrected chi connectivity index (χ1v) is 8.75. The first kappa shape index (κ1) is 16.8. The highest BCUT2D eigenvalue weighted by molar-refractivity contribution is 5.79. The molecule has 6 nitrogen and oxygen atoms in total. The van der Waals surface area contributed by atoms with E-state index in [1.54, 1.807) is 0 Å². The number of rotatable bonds is 3. The number of hydrogen-bond acceptors (Lipinski definition) is 3. The minimum absolute atomic E-state index is 0.0781. The van der Waals surface area contributed by atoms with Gasteiger partial charge in [-0.05, 0) is 24.5 Å². The maximum atomic E-state index is 12.3. The molecule has 1 aromatic carbocycles. The third kappa shape index (κ3) is 3.87. The molecule has 2 aliphatic rings. The largest absolute Gasteiger partial charge is 0.337 e. The normalized spacial score (nSPS) is 20.5. The third-order valence-electron chi connectivity index (χ3n) is 4.85. The molecule has 0 radical (unpaired) electrons. The van der Waals surface area contributed by atoms with Crippen molar-refractivity contribution in [3.8, 4) is 0 Å². The highest BCUT2D eigenvalue weighted by atomic mass is 16.2. The summed E-state index contributed by atoms with van der Waals surface area (Å²) in [5.41, 5.74) is 2.54. The number of nitrogens with zero attached hydrogens (tertiary/aromatic N) is 2. The second-order valence-electron chi connectivity index (χ2n) is 6.56. The molecule has 0 spiro atoms. The lowest BCUT2D eigenvalue weighted by Gasteiger charge is -2.34. The molecule has 2 N–H and O–H groups in total. The van der Waals surface area contributed by atoms with Crippen LogP contribution in [0.1, 0.15) is 24.5 Å². The van der Waals surface area contributed by atoms with Crippen molar-refractivity contribution in [2.45, 2.75) is 32.4 Å². The maximum absolute atomic E-state index is 12.3. The number of benzene rings is 1. The molecule has 0 aromatic heterocycles. The summed E-state index contributed by atoms with van der Waals surface area (Å²) in [6.45, 7) is 6.24. The zero-order valence-electron chi connectivity index (χ0n) is 14.3. The SMILES string of the molecule is C[C@@H]1CNCCN1C(=O)CCNC(=O)N1CCc2ccccc2C1. The smallest absolute Gasteiger partial charge is 0.317 e. The maximum Gasteiger partial charge on any atom is 0.317 e. The number of nitrogens with one attached hydrogen (secondary N) is 2. The van der Waals surface area contributed by atoms with Crippen LogP contribution in [0.2, 0.25) is 0 Å². The van der Waals surface area contributed by atoms with Gasteiger partial charge in [0.2, 0.25) is 5.91 Å². The van der Waals surface area contributed by atoms with Crippen LogP contribution >= 0.6 is 0 Å². The van der Waals surface area contributed by atoms with Gasteiger partial charge >= 0.3 is 6.03 Å². The van der Waals surface area contributed by atoms with E-state index in [1.807, 2.05) is 28.9 Å². The summed E-state index contributed by atoms with van der Waals surface area (Å²) < 4.78 is 0. The summed E-state index contributed by atoms with van der Waals surface area (Å²) in [5.74, 6) is 0.119. The van der Waals surface area contributed by atoms with Gasteiger partial charge in [0.15, 0.2) is 0 Å². The number of carbonyl (C=O) groups is 2. The molecule has 2 aliphatic heterocycles. The Hall–Kier alpha value is -2.08. The fourth-order valence-corrected chi connectivity index (χ4v) is 3.41. The summed E-state index contributed by atoms with van der Waals surface area (Å²) in [5, 5.41) is 6.17. The van der Waals surface area contributed by atoms with Gasteiger partial charge in [-0.2, -0.15) is 0 Å². The monoisotopic (exact) mass is 330 g/mol. The van der Waals surface area contributed by atoms with Crippen LogP contribution in [0.4, 0.5) is 4.79 Å². The Bertz CT molecular complexity index is 604. The Balaban J connectivity index is 1.44. The van der Waals surface area contributed by atoms with Gasteiger partial charge in [0, 0.05) is 51.7 Å². The number of hydrogen-bond donors (Lipinski definition) is 2. The molecule has 0 unspecified atom stereocenters. The van der Waals surface area contributed by atoms with Crippen LogP contribution < -0.4 is 10.6 Å². The Labute approximate surface area is 143 Å². The quantitative estimate of drug-likeness (QED) is 0.868. The molecule has 0 aliphatic carbocycles. The Morgan fingerprint density at radius 1 is 1.25 bits per heavy atom. The molecular formula is C18H26N4O2. The molecule has 0 bridgehead atoms. The van der Waals surface area contributed by atoms with E-state index >= 15 is 0 Å². The molecule has 3 rings (SSSR count). The lowest BCUT2D eigenvalue weighted by molar-refractivity contribution is -0.133.